The molecule has 26 heavy (non-hydrogen) atoms. The summed E-state index contributed by atoms with van der Waals surface area (Å²) in [4.78, 5) is 14.2. The van der Waals surface area contributed by atoms with Crippen molar-refractivity contribution in [3.05, 3.63) is 52.3 Å². The third kappa shape index (κ3) is 3.74. The van der Waals surface area contributed by atoms with E-state index in [0.29, 0.717) is 22.3 Å². The fourth-order valence-corrected chi connectivity index (χ4v) is 4.00. The molecule has 3 rings (SSSR count). The van der Waals surface area contributed by atoms with Gasteiger partial charge in [0.25, 0.3) is 5.91 Å². The summed E-state index contributed by atoms with van der Waals surface area (Å²) >= 11 is 3.19. The minimum Gasteiger partial charge on any atom is -0.483 e. The van der Waals surface area contributed by atoms with Gasteiger partial charge in [-0.2, -0.15) is 0 Å². The Bertz CT molecular complexity index is 981. The molecule has 1 atom stereocenters. The molecule has 0 aromatic heterocycles. The minimum absolute atomic E-state index is 0.0178. The van der Waals surface area contributed by atoms with Crippen LogP contribution in [-0.4, -0.2) is 27.0 Å². The van der Waals surface area contributed by atoms with E-state index in [-0.39, 0.29) is 23.5 Å². The zero-order valence-electron chi connectivity index (χ0n) is 13.8. The van der Waals surface area contributed by atoms with Crippen molar-refractivity contribution in [3.63, 3.8) is 0 Å². The molecule has 2 aromatic rings. The SMILES string of the molecule is C[C@@H]1Cc2cc(S(N)(=O)=O)ccc2N1C(=O)COc1ccc(F)cc1Br. The molecule has 0 saturated heterocycles. The van der Waals surface area contributed by atoms with Gasteiger partial charge in [-0.15, -0.1) is 0 Å². The van der Waals surface area contributed by atoms with E-state index < -0.39 is 15.8 Å². The summed E-state index contributed by atoms with van der Waals surface area (Å²) in [6.45, 7) is 1.63. The van der Waals surface area contributed by atoms with Crippen LogP contribution in [0.5, 0.6) is 5.75 Å². The predicted octanol–water partition coefficient (Wildman–Crippen LogP) is 2.59. The number of hydrogen-bond acceptors (Lipinski definition) is 4. The number of sulfonamides is 1. The first-order valence-electron chi connectivity index (χ1n) is 7.72. The molecule has 1 aliphatic rings. The van der Waals surface area contributed by atoms with Crippen molar-refractivity contribution in [2.24, 2.45) is 5.14 Å². The normalized spacial score (nSPS) is 16.5. The van der Waals surface area contributed by atoms with Gasteiger partial charge in [-0.1, -0.05) is 0 Å². The van der Waals surface area contributed by atoms with Gasteiger partial charge in [-0.3, -0.25) is 4.79 Å². The van der Waals surface area contributed by atoms with Crippen molar-refractivity contribution in [1.82, 2.24) is 0 Å². The van der Waals surface area contributed by atoms with Crippen molar-refractivity contribution < 1.29 is 22.3 Å². The van der Waals surface area contributed by atoms with Gasteiger partial charge in [0.15, 0.2) is 6.61 Å². The van der Waals surface area contributed by atoms with Crippen LogP contribution in [0.1, 0.15) is 12.5 Å². The highest BCUT2D eigenvalue weighted by Crippen LogP contribution is 2.34. The number of hydrogen-bond donors (Lipinski definition) is 1. The first-order chi connectivity index (χ1) is 12.2. The van der Waals surface area contributed by atoms with Crippen LogP contribution in [0.15, 0.2) is 45.8 Å². The average Bonchev–Trinajstić information content (AvgIpc) is 2.88. The van der Waals surface area contributed by atoms with Crippen molar-refractivity contribution in [2.45, 2.75) is 24.3 Å². The summed E-state index contributed by atoms with van der Waals surface area (Å²) in [7, 11) is -3.80. The smallest absolute Gasteiger partial charge is 0.265 e. The number of amides is 1. The molecule has 1 amide bonds. The number of halogens is 2. The van der Waals surface area contributed by atoms with Gasteiger partial charge in [0, 0.05) is 11.7 Å². The van der Waals surface area contributed by atoms with Crippen LogP contribution in [-0.2, 0) is 21.2 Å². The van der Waals surface area contributed by atoms with Gasteiger partial charge in [-0.25, -0.2) is 17.9 Å². The Labute approximate surface area is 158 Å². The van der Waals surface area contributed by atoms with Crippen LogP contribution in [0.2, 0.25) is 0 Å². The highest BCUT2D eigenvalue weighted by molar-refractivity contribution is 9.10. The monoisotopic (exact) mass is 442 g/mol. The number of ether oxygens (including phenoxy) is 1. The molecule has 0 bridgehead atoms. The number of benzene rings is 2. The number of primary sulfonamides is 1. The highest BCUT2D eigenvalue weighted by Gasteiger charge is 2.32. The van der Waals surface area contributed by atoms with Crippen LogP contribution >= 0.6 is 15.9 Å². The number of carbonyl (C=O) groups is 1. The van der Waals surface area contributed by atoms with E-state index >= 15 is 0 Å². The summed E-state index contributed by atoms with van der Waals surface area (Å²) in [5.41, 5.74) is 1.37. The van der Waals surface area contributed by atoms with Gasteiger partial charge in [0.1, 0.15) is 11.6 Å². The fraction of sp³-hybridized carbons (Fsp3) is 0.235. The van der Waals surface area contributed by atoms with Crippen LogP contribution in [0.25, 0.3) is 0 Å². The van der Waals surface area contributed by atoms with E-state index in [1.165, 1.54) is 30.3 Å². The molecule has 1 heterocycles. The Kier molecular flexibility index (Phi) is 5.05. The molecule has 2 N–H and O–H groups in total. The number of anilines is 1. The topological polar surface area (TPSA) is 89.7 Å². The van der Waals surface area contributed by atoms with E-state index in [4.69, 9.17) is 9.88 Å². The molecule has 1 aliphatic heterocycles. The second kappa shape index (κ2) is 6.98. The maximum absolute atomic E-state index is 13.1. The molecule has 138 valence electrons. The Morgan fingerprint density at radius 3 is 2.73 bits per heavy atom. The summed E-state index contributed by atoms with van der Waals surface area (Å²) < 4.78 is 42.0. The lowest BCUT2D eigenvalue weighted by molar-refractivity contribution is -0.120. The second-order valence-electron chi connectivity index (χ2n) is 6.02. The molecule has 0 aliphatic carbocycles. The summed E-state index contributed by atoms with van der Waals surface area (Å²) in [5, 5.41) is 5.16. The van der Waals surface area contributed by atoms with E-state index in [1.54, 1.807) is 11.0 Å². The Hall–Kier alpha value is -1.97. The molecular weight excluding hydrogens is 427 g/mol. The molecule has 0 unspecified atom stereocenters. The lowest BCUT2D eigenvalue weighted by atomic mass is 10.1. The van der Waals surface area contributed by atoms with Crippen LogP contribution < -0.4 is 14.8 Å². The lowest BCUT2D eigenvalue weighted by Crippen LogP contribution is -2.39. The van der Waals surface area contributed by atoms with Crippen molar-refractivity contribution in [1.29, 1.82) is 0 Å². The number of rotatable bonds is 4. The van der Waals surface area contributed by atoms with Crippen LogP contribution in [0.3, 0.4) is 0 Å². The van der Waals surface area contributed by atoms with E-state index in [2.05, 4.69) is 15.9 Å². The van der Waals surface area contributed by atoms with Gasteiger partial charge in [0.05, 0.1) is 9.37 Å². The summed E-state index contributed by atoms with van der Waals surface area (Å²) in [6, 6.07) is 8.23. The molecule has 9 heteroatoms. The second-order valence-corrected chi connectivity index (χ2v) is 8.43. The zero-order valence-corrected chi connectivity index (χ0v) is 16.2. The van der Waals surface area contributed by atoms with Gasteiger partial charge >= 0.3 is 0 Å². The molecule has 0 spiro atoms. The third-order valence-corrected chi connectivity index (χ3v) is 5.64. The minimum atomic E-state index is -3.80. The van der Waals surface area contributed by atoms with Crippen LogP contribution in [0.4, 0.5) is 10.1 Å². The molecule has 0 saturated carbocycles. The number of nitrogens with two attached hydrogens (primary N) is 1. The maximum atomic E-state index is 13.1. The number of nitrogens with zero attached hydrogens (tertiary/aromatic N) is 1. The molecule has 2 aromatic carbocycles. The van der Waals surface area contributed by atoms with Crippen molar-refractivity contribution >= 4 is 37.5 Å². The molecule has 0 fully saturated rings. The highest BCUT2D eigenvalue weighted by atomic mass is 79.9. The first-order valence-corrected chi connectivity index (χ1v) is 10.1. The number of carbonyl (C=O) groups excluding carboxylic acids is 1. The molecule has 6 nitrogen and oxygen atoms in total. The maximum Gasteiger partial charge on any atom is 0.265 e. The summed E-state index contributed by atoms with van der Waals surface area (Å²) in [6.07, 6.45) is 0.519. The lowest BCUT2D eigenvalue weighted by Gasteiger charge is -2.23. The standard InChI is InChI=1S/C17H16BrFN2O4S/c1-10-6-11-7-13(26(20,23)24)3-4-15(11)21(10)17(22)9-25-16-5-2-12(19)8-14(16)18/h2-5,7-8,10H,6,9H2,1H3,(H2,20,23,24)/t10-/m1/s1. The number of fused-ring (bicyclic) bond motifs is 1. The summed E-state index contributed by atoms with van der Waals surface area (Å²) in [5.74, 6) is -0.337. The third-order valence-electron chi connectivity index (χ3n) is 4.11. The van der Waals surface area contributed by atoms with E-state index in [0.717, 1.165) is 5.56 Å². The zero-order chi connectivity index (χ0) is 19.1. The largest absolute Gasteiger partial charge is 0.483 e. The quantitative estimate of drug-likeness (QED) is 0.787. The molecular formula is C17H16BrFN2O4S. The average molecular weight is 443 g/mol. The van der Waals surface area contributed by atoms with Gasteiger partial charge < -0.3 is 9.64 Å². The molecule has 0 radical (unpaired) electrons. The Morgan fingerprint density at radius 1 is 1.35 bits per heavy atom. The Balaban J connectivity index is 1.79. The fourth-order valence-electron chi connectivity index (χ4n) is 2.97. The first kappa shape index (κ1) is 18.8. The van der Waals surface area contributed by atoms with Gasteiger partial charge in [0.2, 0.25) is 10.0 Å². The van der Waals surface area contributed by atoms with E-state index in [1.807, 2.05) is 6.92 Å². The van der Waals surface area contributed by atoms with E-state index in [9.17, 15) is 17.6 Å². The van der Waals surface area contributed by atoms with Gasteiger partial charge in [-0.05, 0) is 71.2 Å². The van der Waals surface area contributed by atoms with Crippen molar-refractivity contribution in [2.75, 3.05) is 11.5 Å². The van der Waals surface area contributed by atoms with Crippen LogP contribution in [0, 0.1) is 5.82 Å². The predicted molar refractivity (Wildman–Crippen MR) is 98.1 cm³/mol. The van der Waals surface area contributed by atoms with Crippen molar-refractivity contribution in [3.8, 4) is 5.75 Å². The Morgan fingerprint density at radius 2 is 2.08 bits per heavy atom.